The first-order chi connectivity index (χ1) is 7.29. The van der Waals surface area contributed by atoms with Gasteiger partial charge < -0.3 is 5.11 Å². The van der Waals surface area contributed by atoms with Gasteiger partial charge in [0.25, 0.3) is 0 Å². The Hall–Kier alpha value is -1.13. The lowest BCUT2D eigenvalue weighted by atomic mass is 10.1. The van der Waals surface area contributed by atoms with Crippen LogP contribution in [-0.4, -0.2) is 21.5 Å². The summed E-state index contributed by atoms with van der Waals surface area (Å²) in [6.07, 6.45) is 3.73. The summed E-state index contributed by atoms with van der Waals surface area (Å²) in [5.74, 6) is 0. The first kappa shape index (κ1) is 10.4. The molecule has 0 bridgehead atoms. The second kappa shape index (κ2) is 4.59. The summed E-state index contributed by atoms with van der Waals surface area (Å²) in [4.78, 5) is 0. The van der Waals surface area contributed by atoms with Crippen LogP contribution in [0.3, 0.4) is 0 Å². The van der Waals surface area contributed by atoms with Gasteiger partial charge in [-0.25, -0.2) is 0 Å². The first-order valence-electron chi connectivity index (χ1n) is 4.69. The van der Waals surface area contributed by atoms with E-state index in [1.165, 1.54) is 0 Å². The van der Waals surface area contributed by atoms with Crippen LogP contribution < -0.4 is 0 Å². The molecule has 1 aromatic heterocycles. The predicted octanol–water partition coefficient (Wildman–Crippen LogP) is 2.30. The molecule has 78 valence electrons. The second-order valence-electron chi connectivity index (χ2n) is 3.23. The van der Waals surface area contributed by atoms with Gasteiger partial charge in [-0.05, 0) is 17.7 Å². The molecule has 0 radical (unpaired) electrons. The molecule has 1 N–H and O–H groups in total. The van der Waals surface area contributed by atoms with E-state index in [-0.39, 0.29) is 6.61 Å². The number of aliphatic hydroxyl groups is 1. The molecule has 0 atom stereocenters. The summed E-state index contributed by atoms with van der Waals surface area (Å²) < 4.78 is 2.78. The number of benzene rings is 1. The van der Waals surface area contributed by atoms with Crippen LogP contribution >= 0.6 is 15.9 Å². The number of halogens is 1. The molecule has 0 saturated heterocycles. The summed E-state index contributed by atoms with van der Waals surface area (Å²) in [5, 5.41) is 12.9. The fourth-order valence-corrected chi connectivity index (χ4v) is 1.80. The van der Waals surface area contributed by atoms with Crippen LogP contribution in [0.5, 0.6) is 0 Å². The molecule has 2 aromatic rings. The Balaban J connectivity index is 2.29. The largest absolute Gasteiger partial charge is 0.394 e. The van der Waals surface area contributed by atoms with Crippen molar-refractivity contribution in [3.05, 3.63) is 41.1 Å². The van der Waals surface area contributed by atoms with Gasteiger partial charge in [-0.2, -0.15) is 5.10 Å². The summed E-state index contributed by atoms with van der Waals surface area (Å²) in [7, 11) is 0. The van der Waals surface area contributed by atoms with E-state index < -0.39 is 0 Å². The van der Waals surface area contributed by atoms with Crippen molar-refractivity contribution < 1.29 is 5.11 Å². The van der Waals surface area contributed by atoms with E-state index in [9.17, 15) is 0 Å². The Bertz CT molecular complexity index is 453. The highest BCUT2D eigenvalue weighted by Crippen LogP contribution is 2.22. The van der Waals surface area contributed by atoms with Crippen LogP contribution in [0.2, 0.25) is 0 Å². The highest BCUT2D eigenvalue weighted by Gasteiger charge is 2.01. The maximum absolute atomic E-state index is 8.78. The number of aromatic nitrogens is 2. The van der Waals surface area contributed by atoms with E-state index in [0.717, 1.165) is 15.6 Å². The number of aliphatic hydroxyl groups excluding tert-OH is 1. The highest BCUT2D eigenvalue weighted by atomic mass is 79.9. The number of hydrogen-bond acceptors (Lipinski definition) is 2. The molecule has 4 heteroatoms. The van der Waals surface area contributed by atoms with Gasteiger partial charge in [0.15, 0.2) is 0 Å². The van der Waals surface area contributed by atoms with Crippen molar-refractivity contribution in [3.8, 4) is 11.1 Å². The fourth-order valence-electron chi connectivity index (χ4n) is 1.41. The van der Waals surface area contributed by atoms with Gasteiger partial charge in [0, 0.05) is 16.2 Å². The van der Waals surface area contributed by atoms with Crippen LogP contribution in [0, 0.1) is 0 Å². The maximum Gasteiger partial charge on any atom is 0.0641 e. The standard InChI is InChI=1S/C11H11BrN2O/c12-11-3-1-2-9(6-11)10-7-13-14(8-10)4-5-15/h1-3,6-8,15H,4-5H2. The maximum atomic E-state index is 8.78. The van der Waals surface area contributed by atoms with Gasteiger partial charge in [-0.15, -0.1) is 0 Å². The molecule has 1 aromatic carbocycles. The molecule has 0 aliphatic heterocycles. The monoisotopic (exact) mass is 266 g/mol. The lowest BCUT2D eigenvalue weighted by molar-refractivity contribution is 0.269. The summed E-state index contributed by atoms with van der Waals surface area (Å²) in [6, 6.07) is 8.05. The Morgan fingerprint density at radius 3 is 2.93 bits per heavy atom. The van der Waals surface area contributed by atoms with Crippen LogP contribution in [0.25, 0.3) is 11.1 Å². The van der Waals surface area contributed by atoms with Gasteiger partial charge in [0.05, 0.1) is 19.3 Å². The molecular formula is C11H11BrN2O. The average Bonchev–Trinajstić information content (AvgIpc) is 2.67. The molecule has 2 rings (SSSR count). The molecule has 0 amide bonds. The molecule has 3 nitrogen and oxygen atoms in total. The second-order valence-corrected chi connectivity index (χ2v) is 4.14. The molecule has 0 aliphatic rings. The molecule has 15 heavy (non-hydrogen) atoms. The molecule has 0 fully saturated rings. The number of hydrogen-bond donors (Lipinski definition) is 1. The third kappa shape index (κ3) is 2.46. The minimum absolute atomic E-state index is 0.111. The molecule has 0 spiro atoms. The quantitative estimate of drug-likeness (QED) is 0.926. The van der Waals surface area contributed by atoms with Crippen molar-refractivity contribution >= 4 is 15.9 Å². The van der Waals surface area contributed by atoms with Crippen molar-refractivity contribution in [1.82, 2.24) is 9.78 Å². The lowest BCUT2D eigenvalue weighted by Gasteiger charge is -1.97. The van der Waals surface area contributed by atoms with Crippen molar-refractivity contribution in [2.45, 2.75) is 6.54 Å². The van der Waals surface area contributed by atoms with E-state index in [2.05, 4.69) is 21.0 Å². The zero-order chi connectivity index (χ0) is 10.7. The third-order valence-electron chi connectivity index (χ3n) is 2.12. The van der Waals surface area contributed by atoms with Gasteiger partial charge in [0.1, 0.15) is 0 Å². The van der Waals surface area contributed by atoms with E-state index in [1.54, 1.807) is 10.9 Å². The van der Waals surface area contributed by atoms with Crippen LogP contribution in [-0.2, 0) is 6.54 Å². The van der Waals surface area contributed by atoms with Crippen molar-refractivity contribution in [1.29, 1.82) is 0 Å². The molecular weight excluding hydrogens is 256 g/mol. The minimum Gasteiger partial charge on any atom is -0.394 e. The van der Waals surface area contributed by atoms with Gasteiger partial charge in [-0.3, -0.25) is 4.68 Å². The topological polar surface area (TPSA) is 38.0 Å². The molecule has 0 unspecified atom stereocenters. The molecule has 0 saturated carbocycles. The highest BCUT2D eigenvalue weighted by molar-refractivity contribution is 9.10. The Morgan fingerprint density at radius 2 is 2.20 bits per heavy atom. The Kier molecular flexibility index (Phi) is 3.18. The SMILES string of the molecule is OCCn1cc(-c2cccc(Br)c2)cn1. The third-order valence-corrected chi connectivity index (χ3v) is 2.61. The minimum atomic E-state index is 0.111. The van der Waals surface area contributed by atoms with Crippen molar-refractivity contribution in [3.63, 3.8) is 0 Å². The zero-order valence-electron chi connectivity index (χ0n) is 8.10. The predicted molar refractivity (Wildman–Crippen MR) is 62.4 cm³/mol. The van der Waals surface area contributed by atoms with Crippen molar-refractivity contribution in [2.75, 3.05) is 6.61 Å². The molecule has 0 aliphatic carbocycles. The zero-order valence-corrected chi connectivity index (χ0v) is 9.68. The smallest absolute Gasteiger partial charge is 0.0641 e. The molecule has 1 heterocycles. The van der Waals surface area contributed by atoms with Crippen LogP contribution in [0.4, 0.5) is 0 Å². The number of nitrogens with zero attached hydrogens (tertiary/aromatic N) is 2. The Labute approximate surface area is 96.5 Å². The van der Waals surface area contributed by atoms with E-state index in [0.29, 0.717) is 6.54 Å². The van der Waals surface area contributed by atoms with Crippen LogP contribution in [0.15, 0.2) is 41.1 Å². The van der Waals surface area contributed by atoms with Gasteiger partial charge in [-0.1, -0.05) is 28.1 Å². The summed E-state index contributed by atoms with van der Waals surface area (Å²) >= 11 is 3.43. The van der Waals surface area contributed by atoms with E-state index >= 15 is 0 Å². The summed E-state index contributed by atoms with van der Waals surface area (Å²) in [6.45, 7) is 0.646. The first-order valence-corrected chi connectivity index (χ1v) is 5.48. The Morgan fingerprint density at radius 1 is 1.33 bits per heavy atom. The van der Waals surface area contributed by atoms with Gasteiger partial charge >= 0.3 is 0 Å². The van der Waals surface area contributed by atoms with Crippen LogP contribution in [0.1, 0.15) is 0 Å². The lowest BCUT2D eigenvalue weighted by Crippen LogP contribution is -2.01. The van der Waals surface area contributed by atoms with Crippen molar-refractivity contribution in [2.24, 2.45) is 0 Å². The van der Waals surface area contributed by atoms with Gasteiger partial charge in [0.2, 0.25) is 0 Å². The van der Waals surface area contributed by atoms with E-state index in [1.807, 2.05) is 30.5 Å². The normalized spacial score (nSPS) is 10.5. The average molecular weight is 267 g/mol. The fraction of sp³-hybridized carbons (Fsp3) is 0.182. The van der Waals surface area contributed by atoms with E-state index in [4.69, 9.17) is 5.11 Å². The number of rotatable bonds is 3. The summed E-state index contributed by atoms with van der Waals surface area (Å²) in [5.41, 5.74) is 2.18.